The molecule has 0 aliphatic rings. The third-order valence-corrected chi connectivity index (χ3v) is 2.24. The number of hydrogen-bond donors (Lipinski definition) is 2. The fourth-order valence-corrected chi connectivity index (χ4v) is 1.36. The maximum Gasteiger partial charge on any atom is 0.270 e. The topological polar surface area (TPSA) is 81.2 Å². The van der Waals surface area contributed by atoms with Gasteiger partial charge in [0.05, 0.1) is 9.95 Å². The van der Waals surface area contributed by atoms with E-state index in [1.54, 1.807) is 6.07 Å². The fourth-order valence-electron chi connectivity index (χ4n) is 1.12. The Morgan fingerprint density at radius 1 is 1.53 bits per heavy atom. The second kappa shape index (κ2) is 5.65. The van der Waals surface area contributed by atoms with Crippen molar-refractivity contribution in [3.05, 3.63) is 38.9 Å². The number of nitro groups is 1. The van der Waals surface area contributed by atoms with Crippen molar-refractivity contribution in [1.82, 2.24) is 5.32 Å². The first-order valence-electron chi connectivity index (χ1n) is 4.48. The van der Waals surface area contributed by atoms with Crippen LogP contribution in [0, 0.1) is 10.1 Å². The monoisotopic (exact) mass is 229 g/mol. The van der Waals surface area contributed by atoms with Gasteiger partial charge in [0.1, 0.15) is 0 Å². The average Bonchev–Trinajstić information content (AvgIpc) is 2.20. The molecule has 6 heteroatoms. The van der Waals surface area contributed by atoms with Crippen molar-refractivity contribution in [2.75, 3.05) is 13.1 Å². The van der Waals surface area contributed by atoms with E-state index >= 15 is 0 Å². The van der Waals surface area contributed by atoms with Crippen molar-refractivity contribution in [1.29, 1.82) is 0 Å². The van der Waals surface area contributed by atoms with Crippen LogP contribution in [-0.4, -0.2) is 18.0 Å². The van der Waals surface area contributed by atoms with Gasteiger partial charge in [-0.2, -0.15) is 0 Å². The van der Waals surface area contributed by atoms with Crippen LogP contribution in [0.5, 0.6) is 0 Å². The summed E-state index contributed by atoms with van der Waals surface area (Å²) in [5, 5.41) is 13.9. The van der Waals surface area contributed by atoms with E-state index in [9.17, 15) is 10.1 Å². The molecule has 5 nitrogen and oxygen atoms in total. The Bertz CT molecular complexity index is 357. The Balaban J connectivity index is 2.70. The third-order valence-electron chi connectivity index (χ3n) is 1.88. The molecule has 0 saturated carbocycles. The molecular formula is C9H12ClN3O2. The number of non-ortho nitro benzene ring substituents is 1. The molecule has 1 rings (SSSR count). The van der Waals surface area contributed by atoms with Gasteiger partial charge in [0.2, 0.25) is 0 Å². The highest BCUT2D eigenvalue weighted by molar-refractivity contribution is 6.31. The van der Waals surface area contributed by atoms with Crippen molar-refractivity contribution >= 4 is 17.3 Å². The van der Waals surface area contributed by atoms with Gasteiger partial charge in [-0.05, 0) is 11.6 Å². The maximum atomic E-state index is 10.4. The second-order valence-corrected chi connectivity index (χ2v) is 3.41. The summed E-state index contributed by atoms with van der Waals surface area (Å²) in [5.41, 5.74) is 6.14. The molecule has 0 saturated heterocycles. The van der Waals surface area contributed by atoms with E-state index < -0.39 is 4.92 Å². The molecule has 0 fully saturated rings. The Hall–Kier alpha value is -1.17. The molecule has 0 aromatic heterocycles. The summed E-state index contributed by atoms with van der Waals surface area (Å²) in [7, 11) is 0. The van der Waals surface area contributed by atoms with Crippen LogP contribution >= 0.6 is 11.6 Å². The van der Waals surface area contributed by atoms with Gasteiger partial charge in [0.25, 0.3) is 5.69 Å². The fraction of sp³-hybridized carbons (Fsp3) is 0.333. The molecule has 0 unspecified atom stereocenters. The highest BCUT2D eigenvalue weighted by Gasteiger charge is 2.08. The highest BCUT2D eigenvalue weighted by atomic mass is 35.5. The standard InChI is InChI=1S/C9H12ClN3O2/c10-9-5-8(13(14)15)2-1-7(9)6-12-4-3-11/h1-2,5,12H,3-4,6,11H2. The van der Waals surface area contributed by atoms with Crippen LogP contribution in [0.2, 0.25) is 5.02 Å². The molecule has 1 aromatic carbocycles. The predicted octanol–water partition coefficient (Wildman–Crippen LogP) is 1.30. The van der Waals surface area contributed by atoms with Gasteiger partial charge in [-0.15, -0.1) is 0 Å². The molecule has 0 aliphatic heterocycles. The van der Waals surface area contributed by atoms with Gasteiger partial charge < -0.3 is 11.1 Å². The van der Waals surface area contributed by atoms with Gasteiger partial charge in [-0.25, -0.2) is 0 Å². The van der Waals surface area contributed by atoms with Crippen molar-refractivity contribution in [2.24, 2.45) is 5.73 Å². The van der Waals surface area contributed by atoms with Crippen LogP contribution < -0.4 is 11.1 Å². The van der Waals surface area contributed by atoms with Crippen LogP contribution in [0.4, 0.5) is 5.69 Å². The number of hydrogen-bond acceptors (Lipinski definition) is 4. The molecule has 0 atom stereocenters. The lowest BCUT2D eigenvalue weighted by atomic mass is 10.2. The average molecular weight is 230 g/mol. The summed E-state index contributed by atoms with van der Waals surface area (Å²) in [6.45, 7) is 1.80. The number of rotatable bonds is 5. The zero-order valence-corrected chi connectivity index (χ0v) is 8.83. The van der Waals surface area contributed by atoms with E-state index in [1.807, 2.05) is 0 Å². The molecule has 1 aromatic rings. The summed E-state index contributed by atoms with van der Waals surface area (Å²) in [6, 6.07) is 4.43. The lowest BCUT2D eigenvalue weighted by Gasteiger charge is -2.05. The first kappa shape index (κ1) is 11.9. The Morgan fingerprint density at radius 3 is 2.80 bits per heavy atom. The zero-order valence-electron chi connectivity index (χ0n) is 8.07. The lowest BCUT2D eigenvalue weighted by molar-refractivity contribution is -0.384. The van der Waals surface area contributed by atoms with Crippen LogP contribution in [0.1, 0.15) is 5.56 Å². The predicted molar refractivity (Wildman–Crippen MR) is 58.9 cm³/mol. The van der Waals surface area contributed by atoms with Crippen LogP contribution in [0.3, 0.4) is 0 Å². The minimum Gasteiger partial charge on any atom is -0.329 e. The van der Waals surface area contributed by atoms with E-state index in [-0.39, 0.29) is 5.69 Å². The Morgan fingerprint density at radius 2 is 2.27 bits per heavy atom. The largest absolute Gasteiger partial charge is 0.329 e. The van der Waals surface area contributed by atoms with Crippen molar-refractivity contribution in [3.63, 3.8) is 0 Å². The summed E-state index contributed by atoms with van der Waals surface area (Å²) in [5.74, 6) is 0. The zero-order chi connectivity index (χ0) is 11.3. The summed E-state index contributed by atoms with van der Waals surface area (Å²) >= 11 is 5.88. The van der Waals surface area contributed by atoms with E-state index in [4.69, 9.17) is 17.3 Å². The second-order valence-electron chi connectivity index (χ2n) is 3.00. The Labute approximate surface area is 92.4 Å². The van der Waals surface area contributed by atoms with Gasteiger partial charge in [-0.1, -0.05) is 11.6 Å². The number of halogens is 1. The van der Waals surface area contributed by atoms with Crippen LogP contribution in [0.25, 0.3) is 0 Å². The van der Waals surface area contributed by atoms with E-state index in [0.29, 0.717) is 24.7 Å². The highest BCUT2D eigenvalue weighted by Crippen LogP contribution is 2.22. The lowest BCUT2D eigenvalue weighted by Crippen LogP contribution is -2.21. The number of nitrogens with two attached hydrogens (primary N) is 1. The minimum absolute atomic E-state index is 0.00238. The van der Waals surface area contributed by atoms with Crippen LogP contribution in [-0.2, 0) is 6.54 Å². The van der Waals surface area contributed by atoms with Crippen molar-refractivity contribution in [2.45, 2.75) is 6.54 Å². The molecule has 0 radical (unpaired) electrons. The Kier molecular flexibility index (Phi) is 4.48. The molecular weight excluding hydrogens is 218 g/mol. The van der Waals surface area contributed by atoms with Gasteiger partial charge in [0.15, 0.2) is 0 Å². The molecule has 0 amide bonds. The SMILES string of the molecule is NCCNCc1ccc([N+](=O)[O-])cc1Cl. The van der Waals surface area contributed by atoms with Crippen LogP contribution in [0.15, 0.2) is 18.2 Å². The summed E-state index contributed by atoms with van der Waals surface area (Å²) < 4.78 is 0. The van der Waals surface area contributed by atoms with Crippen molar-refractivity contribution < 1.29 is 4.92 Å². The minimum atomic E-state index is -0.469. The van der Waals surface area contributed by atoms with Crippen molar-refractivity contribution in [3.8, 4) is 0 Å². The van der Waals surface area contributed by atoms with E-state index in [0.717, 1.165) is 5.56 Å². The first-order valence-corrected chi connectivity index (χ1v) is 4.86. The first-order chi connectivity index (χ1) is 7.15. The molecule has 0 heterocycles. The maximum absolute atomic E-state index is 10.4. The van der Waals surface area contributed by atoms with E-state index in [2.05, 4.69) is 5.32 Å². The molecule has 0 bridgehead atoms. The molecule has 15 heavy (non-hydrogen) atoms. The van der Waals surface area contributed by atoms with Gasteiger partial charge in [-0.3, -0.25) is 10.1 Å². The third kappa shape index (κ3) is 3.47. The molecule has 0 spiro atoms. The smallest absolute Gasteiger partial charge is 0.270 e. The number of nitro benzene ring substituents is 1. The van der Waals surface area contributed by atoms with Gasteiger partial charge in [0, 0.05) is 31.8 Å². The molecule has 3 N–H and O–H groups in total. The quantitative estimate of drug-likeness (QED) is 0.453. The number of nitrogens with zero attached hydrogens (tertiary/aromatic N) is 1. The molecule has 0 aliphatic carbocycles. The number of nitrogens with one attached hydrogen (secondary N) is 1. The molecule has 82 valence electrons. The van der Waals surface area contributed by atoms with Gasteiger partial charge >= 0.3 is 0 Å². The van der Waals surface area contributed by atoms with E-state index in [1.165, 1.54) is 12.1 Å². The summed E-state index contributed by atoms with van der Waals surface area (Å²) in [4.78, 5) is 9.97. The number of benzene rings is 1. The normalized spacial score (nSPS) is 10.3. The summed E-state index contributed by atoms with van der Waals surface area (Å²) in [6.07, 6.45) is 0.